The highest BCUT2D eigenvalue weighted by atomic mass is 35.5. The number of benzene rings is 3. The van der Waals surface area contributed by atoms with E-state index in [4.69, 9.17) is 25.8 Å². The average molecular weight is 551 g/mol. The molecule has 4 rings (SSSR count). The molecule has 1 saturated heterocycles. The van der Waals surface area contributed by atoms with Gasteiger partial charge in [-0.3, -0.25) is 9.59 Å². The minimum Gasteiger partial charge on any atom is -0.507 e. The fourth-order valence-electron chi connectivity index (χ4n) is 4.64. The SMILES string of the molecule is COc1ccc(CCN2C(=O)C(=O)/C(=C(/O)c3cc(OC)c(Cl)cc3OC)C2c2ccc(N(C)C)cc2)cc1. The Hall–Kier alpha value is -4.17. The van der Waals surface area contributed by atoms with Crippen molar-refractivity contribution in [1.29, 1.82) is 0 Å². The van der Waals surface area contributed by atoms with Crippen LogP contribution in [0.25, 0.3) is 5.76 Å². The number of likely N-dealkylation sites (tertiary alicyclic amines) is 1. The van der Waals surface area contributed by atoms with Crippen LogP contribution in [0.2, 0.25) is 5.02 Å². The molecule has 1 amide bonds. The summed E-state index contributed by atoms with van der Waals surface area (Å²) >= 11 is 6.26. The lowest BCUT2D eigenvalue weighted by atomic mass is 9.94. The topological polar surface area (TPSA) is 88.5 Å². The summed E-state index contributed by atoms with van der Waals surface area (Å²) in [6.45, 7) is 0.259. The third-order valence-corrected chi connectivity index (χ3v) is 7.09. The predicted octanol–water partition coefficient (Wildman–Crippen LogP) is 5.10. The Morgan fingerprint density at radius 3 is 2.13 bits per heavy atom. The van der Waals surface area contributed by atoms with E-state index in [9.17, 15) is 14.7 Å². The first kappa shape index (κ1) is 27.9. The number of amides is 1. The van der Waals surface area contributed by atoms with Gasteiger partial charge in [0.1, 0.15) is 23.0 Å². The van der Waals surface area contributed by atoms with E-state index >= 15 is 0 Å². The number of ketones is 1. The van der Waals surface area contributed by atoms with Crippen molar-refractivity contribution in [2.75, 3.05) is 46.9 Å². The number of hydrogen-bond donors (Lipinski definition) is 1. The highest BCUT2D eigenvalue weighted by Crippen LogP contribution is 2.43. The van der Waals surface area contributed by atoms with Crippen molar-refractivity contribution in [2.24, 2.45) is 0 Å². The molecule has 1 aliphatic rings. The van der Waals surface area contributed by atoms with Crippen molar-refractivity contribution in [2.45, 2.75) is 12.5 Å². The highest BCUT2D eigenvalue weighted by molar-refractivity contribution is 6.46. The van der Waals surface area contributed by atoms with Crippen LogP contribution in [0.1, 0.15) is 22.7 Å². The Morgan fingerprint density at radius 2 is 1.56 bits per heavy atom. The minimum atomic E-state index is -0.814. The number of nitrogens with zero attached hydrogens (tertiary/aromatic N) is 2. The molecule has 0 aliphatic carbocycles. The summed E-state index contributed by atoms with van der Waals surface area (Å²) in [7, 11) is 8.33. The van der Waals surface area contributed by atoms with E-state index in [1.54, 1.807) is 7.11 Å². The van der Waals surface area contributed by atoms with Crippen molar-refractivity contribution in [1.82, 2.24) is 4.90 Å². The zero-order chi connectivity index (χ0) is 28.3. The van der Waals surface area contributed by atoms with Gasteiger partial charge in [-0.05, 0) is 47.9 Å². The van der Waals surface area contributed by atoms with Crippen molar-refractivity contribution < 1.29 is 28.9 Å². The minimum absolute atomic E-state index is 0.0324. The normalized spacial score (nSPS) is 16.4. The molecule has 0 aromatic heterocycles. The van der Waals surface area contributed by atoms with E-state index in [1.807, 2.05) is 67.5 Å². The van der Waals surface area contributed by atoms with Gasteiger partial charge in [-0.2, -0.15) is 0 Å². The molecule has 0 radical (unpaired) electrons. The summed E-state index contributed by atoms with van der Waals surface area (Å²) in [6, 6.07) is 17.2. The molecule has 3 aromatic rings. The number of methoxy groups -OCH3 is 3. The van der Waals surface area contributed by atoms with Gasteiger partial charge in [0.25, 0.3) is 11.7 Å². The lowest BCUT2D eigenvalue weighted by Gasteiger charge is -2.26. The molecule has 1 N–H and O–H groups in total. The first-order chi connectivity index (χ1) is 18.7. The predicted molar refractivity (Wildman–Crippen MR) is 151 cm³/mol. The Balaban J connectivity index is 1.82. The zero-order valence-electron chi connectivity index (χ0n) is 22.5. The van der Waals surface area contributed by atoms with Crippen LogP contribution in [-0.4, -0.2) is 63.7 Å². The number of aliphatic hydroxyl groups is 1. The molecule has 3 aromatic carbocycles. The Bertz CT molecular complexity index is 1400. The van der Waals surface area contributed by atoms with Crippen LogP contribution in [0, 0.1) is 0 Å². The lowest BCUT2D eigenvalue weighted by Crippen LogP contribution is -2.31. The van der Waals surface area contributed by atoms with Gasteiger partial charge in [0, 0.05) is 32.4 Å². The van der Waals surface area contributed by atoms with Gasteiger partial charge in [-0.1, -0.05) is 35.9 Å². The summed E-state index contributed by atoms with van der Waals surface area (Å²) < 4.78 is 16.0. The van der Waals surface area contributed by atoms with Gasteiger partial charge in [-0.15, -0.1) is 0 Å². The largest absolute Gasteiger partial charge is 0.507 e. The van der Waals surface area contributed by atoms with Crippen molar-refractivity contribution in [3.05, 3.63) is 87.9 Å². The number of aliphatic hydroxyl groups excluding tert-OH is 1. The molecule has 1 fully saturated rings. The van der Waals surface area contributed by atoms with Gasteiger partial charge >= 0.3 is 0 Å². The van der Waals surface area contributed by atoms with Crippen LogP contribution < -0.4 is 19.1 Å². The van der Waals surface area contributed by atoms with Crippen molar-refractivity contribution >= 4 is 34.7 Å². The maximum absolute atomic E-state index is 13.5. The summed E-state index contributed by atoms with van der Waals surface area (Å²) in [5.41, 5.74) is 2.79. The van der Waals surface area contributed by atoms with Crippen LogP contribution in [0.3, 0.4) is 0 Å². The standard InChI is InChI=1S/C30H31ClN2O6/c1-32(2)20-10-8-19(9-11-20)27-26(28(34)22-16-25(39-5)23(31)17-24(22)38-4)29(35)30(36)33(27)15-14-18-6-12-21(37-3)13-7-18/h6-13,16-17,27,34H,14-15H2,1-5H3/b28-26+. The second kappa shape index (κ2) is 11.7. The van der Waals surface area contributed by atoms with Crippen LogP contribution >= 0.6 is 11.6 Å². The van der Waals surface area contributed by atoms with Crippen LogP contribution in [-0.2, 0) is 16.0 Å². The second-order valence-corrected chi connectivity index (χ2v) is 9.67. The van der Waals surface area contributed by atoms with Gasteiger partial charge in [-0.25, -0.2) is 0 Å². The summed E-state index contributed by atoms with van der Waals surface area (Å²) in [6.07, 6.45) is 0.501. The highest BCUT2D eigenvalue weighted by Gasteiger charge is 2.46. The molecule has 0 bridgehead atoms. The van der Waals surface area contributed by atoms with E-state index < -0.39 is 17.7 Å². The number of halogens is 1. The fourth-order valence-corrected chi connectivity index (χ4v) is 4.88. The summed E-state index contributed by atoms with van der Waals surface area (Å²) in [5, 5.41) is 11.8. The molecule has 9 heteroatoms. The average Bonchev–Trinajstić information content (AvgIpc) is 3.20. The van der Waals surface area contributed by atoms with E-state index in [2.05, 4.69) is 0 Å². The van der Waals surface area contributed by atoms with E-state index in [1.165, 1.54) is 31.3 Å². The van der Waals surface area contributed by atoms with Crippen molar-refractivity contribution in [3.8, 4) is 17.2 Å². The molecule has 0 saturated carbocycles. The Morgan fingerprint density at radius 1 is 0.923 bits per heavy atom. The zero-order valence-corrected chi connectivity index (χ0v) is 23.3. The molecule has 1 unspecified atom stereocenters. The first-order valence-electron chi connectivity index (χ1n) is 12.3. The van der Waals surface area contributed by atoms with E-state index in [0.29, 0.717) is 17.7 Å². The second-order valence-electron chi connectivity index (χ2n) is 9.26. The number of carbonyl (C=O) groups excluding carboxylic acids is 2. The monoisotopic (exact) mass is 550 g/mol. The third-order valence-electron chi connectivity index (χ3n) is 6.79. The van der Waals surface area contributed by atoms with Gasteiger partial charge in [0.15, 0.2) is 0 Å². The van der Waals surface area contributed by atoms with Gasteiger partial charge < -0.3 is 29.1 Å². The van der Waals surface area contributed by atoms with Gasteiger partial charge in [0.05, 0.1) is 43.5 Å². The fraction of sp³-hybridized carbons (Fsp3) is 0.267. The number of anilines is 1. The maximum atomic E-state index is 13.5. The Labute approximate surface area is 233 Å². The quantitative estimate of drug-likeness (QED) is 0.225. The number of ether oxygens (including phenoxy) is 3. The third kappa shape index (κ3) is 5.52. The number of Topliss-reactive ketones (excluding diaryl/α,β-unsaturated/α-hetero) is 1. The van der Waals surface area contributed by atoms with Gasteiger partial charge in [0.2, 0.25) is 0 Å². The molecular formula is C30H31ClN2O6. The number of rotatable bonds is 9. The molecule has 8 nitrogen and oxygen atoms in total. The van der Waals surface area contributed by atoms with Crippen LogP contribution in [0.15, 0.2) is 66.2 Å². The van der Waals surface area contributed by atoms with Crippen LogP contribution in [0.4, 0.5) is 5.69 Å². The van der Waals surface area contributed by atoms with Crippen molar-refractivity contribution in [3.63, 3.8) is 0 Å². The molecule has 204 valence electrons. The summed E-state index contributed by atoms with van der Waals surface area (Å²) in [5.74, 6) is -0.572. The molecule has 1 aliphatic heterocycles. The lowest BCUT2D eigenvalue weighted by molar-refractivity contribution is -0.139. The van der Waals surface area contributed by atoms with Crippen LogP contribution in [0.5, 0.6) is 17.2 Å². The molecular weight excluding hydrogens is 520 g/mol. The first-order valence-corrected chi connectivity index (χ1v) is 12.7. The number of hydrogen-bond acceptors (Lipinski definition) is 7. The maximum Gasteiger partial charge on any atom is 0.295 e. The summed E-state index contributed by atoms with van der Waals surface area (Å²) in [4.78, 5) is 30.3. The molecule has 1 heterocycles. The molecule has 1 atom stereocenters. The number of carbonyl (C=O) groups is 2. The van der Waals surface area contributed by atoms with E-state index in [0.717, 1.165) is 17.0 Å². The molecule has 39 heavy (non-hydrogen) atoms. The smallest absolute Gasteiger partial charge is 0.295 e. The molecule has 0 spiro atoms. The Kier molecular flexibility index (Phi) is 8.35. The van der Waals surface area contributed by atoms with E-state index in [-0.39, 0.29) is 34.2 Å².